The van der Waals surface area contributed by atoms with Gasteiger partial charge in [0.25, 0.3) is 5.56 Å². The van der Waals surface area contributed by atoms with Crippen molar-refractivity contribution in [3.8, 4) is 0 Å². The van der Waals surface area contributed by atoms with Gasteiger partial charge in [0.1, 0.15) is 6.54 Å². The second-order valence-electron chi connectivity index (χ2n) is 3.50. The van der Waals surface area contributed by atoms with E-state index in [4.69, 9.17) is 11.6 Å². The van der Waals surface area contributed by atoms with E-state index in [-0.39, 0.29) is 17.9 Å². The lowest BCUT2D eigenvalue weighted by Gasteiger charge is -2.02. The molecular weight excluding hydrogens is 260 g/mol. The summed E-state index contributed by atoms with van der Waals surface area (Å²) in [7, 11) is 0. The van der Waals surface area contributed by atoms with Crippen LogP contribution in [0.5, 0.6) is 0 Å². The first-order valence-electron chi connectivity index (χ1n) is 4.89. The molecule has 88 valence electrons. The third-order valence-corrected chi connectivity index (χ3v) is 3.41. The van der Waals surface area contributed by atoms with Crippen molar-refractivity contribution < 1.29 is 4.79 Å². The zero-order valence-electron chi connectivity index (χ0n) is 9.01. The molecule has 0 aromatic carbocycles. The van der Waals surface area contributed by atoms with Crippen molar-refractivity contribution in [1.29, 1.82) is 0 Å². The monoisotopic (exact) mass is 268 g/mol. The van der Waals surface area contributed by atoms with Crippen LogP contribution in [0.15, 0.2) is 29.1 Å². The lowest BCUT2D eigenvalue weighted by molar-refractivity contribution is 0.0969. The van der Waals surface area contributed by atoms with E-state index in [1.165, 1.54) is 17.4 Å². The third-order valence-electron chi connectivity index (χ3n) is 2.14. The number of hydrogen-bond donors (Lipinski definition) is 0. The van der Waals surface area contributed by atoms with Gasteiger partial charge >= 0.3 is 0 Å². The van der Waals surface area contributed by atoms with Crippen LogP contribution in [-0.2, 0) is 6.54 Å². The average Bonchev–Trinajstić information content (AvgIpc) is 2.70. The second-order valence-corrected chi connectivity index (χ2v) is 5.21. The highest BCUT2D eigenvalue weighted by molar-refractivity contribution is 7.18. The molecule has 0 aliphatic rings. The predicted molar refractivity (Wildman–Crippen MR) is 66.9 cm³/mol. The van der Waals surface area contributed by atoms with Crippen molar-refractivity contribution in [2.45, 2.75) is 13.5 Å². The zero-order chi connectivity index (χ0) is 12.4. The lowest BCUT2D eigenvalue weighted by atomic mass is 10.3. The molecule has 0 aliphatic heterocycles. The van der Waals surface area contributed by atoms with E-state index >= 15 is 0 Å². The molecule has 0 bridgehead atoms. The molecule has 6 heteroatoms. The van der Waals surface area contributed by atoms with E-state index in [0.717, 1.165) is 4.68 Å². The van der Waals surface area contributed by atoms with Crippen molar-refractivity contribution in [2.24, 2.45) is 0 Å². The van der Waals surface area contributed by atoms with Crippen LogP contribution < -0.4 is 5.56 Å². The van der Waals surface area contributed by atoms with Crippen molar-refractivity contribution in [3.63, 3.8) is 0 Å². The molecular formula is C11H9ClN2O2S. The minimum atomic E-state index is -0.286. The Morgan fingerprint density at radius 3 is 2.82 bits per heavy atom. The van der Waals surface area contributed by atoms with Gasteiger partial charge in [0.15, 0.2) is 5.78 Å². The van der Waals surface area contributed by atoms with E-state index in [1.807, 2.05) is 0 Å². The Kier molecular flexibility index (Phi) is 3.40. The summed E-state index contributed by atoms with van der Waals surface area (Å²) < 4.78 is 1.71. The fourth-order valence-corrected chi connectivity index (χ4v) is 2.32. The van der Waals surface area contributed by atoms with Crippen LogP contribution in [0.1, 0.15) is 15.4 Å². The number of halogens is 1. The van der Waals surface area contributed by atoms with Gasteiger partial charge in [0.2, 0.25) is 0 Å². The van der Waals surface area contributed by atoms with Crippen molar-refractivity contribution in [1.82, 2.24) is 9.78 Å². The molecule has 0 atom stereocenters. The van der Waals surface area contributed by atoms with Gasteiger partial charge in [-0.2, -0.15) is 5.10 Å². The molecule has 0 saturated carbocycles. The van der Waals surface area contributed by atoms with Crippen molar-refractivity contribution in [2.75, 3.05) is 0 Å². The van der Waals surface area contributed by atoms with Gasteiger partial charge in [-0.3, -0.25) is 9.59 Å². The molecule has 0 unspecified atom stereocenters. The summed E-state index contributed by atoms with van der Waals surface area (Å²) in [5.41, 5.74) is 0.410. The van der Waals surface area contributed by atoms with Crippen LogP contribution in [0, 0.1) is 6.92 Å². The molecule has 0 fully saturated rings. The molecule has 0 radical (unpaired) electrons. The van der Waals surface area contributed by atoms with E-state index in [9.17, 15) is 9.59 Å². The molecule has 2 aromatic rings. The Morgan fingerprint density at radius 2 is 2.18 bits per heavy atom. The molecule has 0 amide bonds. The van der Waals surface area contributed by atoms with Crippen LogP contribution in [0.2, 0.25) is 4.34 Å². The van der Waals surface area contributed by atoms with Crippen LogP contribution in [0.4, 0.5) is 0 Å². The summed E-state index contributed by atoms with van der Waals surface area (Å²) in [5.74, 6) is -0.165. The largest absolute Gasteiger partial charge is 0.291 e. The number of thiophene rings is 1. The van der Waals surface area contributed by atoms with E-state index < -0.39 is 0 Å². The van der Waals surface area contributed by atoms with Gasteiger partial charge in [-0.05, 0) is 25.1 Å². The van der Waals surface area contributed by atoms with Crippen LogP contribution >= 0.6 is 22.9 Å². The number of aryl methyl sites for hydroxylation is 1. The molecule has 0 N–H and O–H groups in total. The number of Topliss-reactive ketones (excluding diaryl/α,β-unsaturated/α-hetero) is 1. The first-order valence-corrected chi connectivity index (χ1v) is 6.09. The highest BCUT2D eigenvalue weighted by atomic mass is 35.5. The summed E-state index contributed by atoms with van der Waals surface area (Å²) in [4.78, 5) is 23.8. The Bertz CT molecular complexity index is 618. The Hall–Kier alpha value is -1.46. The van der Waals surface area contributed by atoms with E-state index in [0.29, 0.717) is 14.9 Å². The lowest BCUT2D eigenvalue weighted by Crippen LogP contribution is -2.26. The molecule has 2 heterocycles. The van der Waals surface area contributed by atoms with E-state index in [2.05, 4.69) is 5.10 Å². The number of aromatic nitrogens is 2. The average molecular weight is 269 g/mol. The fourth-order valence-electron chi connectivity index (χ4n) is 1.34. The summed E-state index contributed by atoms with van der Waals surface area (Å²) in [6.45, 7) is 1.71. The molecule has 4 nitrogen and oxygen atoms in total. The number of rotatable bonds is 3. The van der Waals surface area contributed by atoms with E-state index in [1.54, 1.807) is 25.1 Å². The minimum absolute atomic E-state index is 0.0582. The van der Waals surface area contributed by atoms with Gasteiger partial charge in [0, 0.05) is 6.07 Å². The van der Waals surface area contributed by atoms with Crippen LogP contribution in [0.25, 0.3) is 0 Å². The van der Waals surface area contributed by atoms with Crippen molar-refractivity contribution in [3.05, 3.63) is 49.5 Å². The smallest absolute Gasteiger partial charge is 0.267 e. The van der Waals surface area contributed by atoms with Gasteiger partial charge in [-0.1, -0.05) is 11.6 Å². The molecule has 0 aliphatic carbocycles. The normalized spacial score (nSPS) is 10.5. The molecule has 2 rings (SSSR count). The van der Waals surface area contributed by atoms with Crippen molar-refractivity contribution >= 4 is 28.7 Å². The highest BCUT2D eigenvalue weighted by Gasteiger charge is 2.11. The summed E-state index contributed by atoms with van der Waals surface area (Å²) >= 11 is 6.94. The molecule has 17 heavy (non-hydrogen) atoms. The maximum Gasteiger partial charge on any atom is 0.267 e. The SMILES string of the molecule is Cc1ccc(=O)n(CC(=O)c2ccc(Cl)s2)n1. The Labute approximate surface area is 106 Å². The van der Waals surface area contributed by atoms with Gasteiger partial charge < -0.3 is 0 Å². The third kappa shape index (κ3) is 2.81. The Morgan fingerprint density at radius 1 is 1.41 bits per heavy atom. The number of hydrogen-bond acceptors (Lipinski definition) is 4. The van der Waals surface area contributed by atoms with Crippen LogP contribution in [0.3, 0.4) is 0 Å². The summed E-state index contributed by atoms with van der Waals surface area (Å²) in [6.07, 6.45) is 0. The number of carbonyl (C=O) groups is 1. The first kappa shape index (κ1) is 12.0. The van der Waals surface area contributed by atoms with Crippen LogP contribution in [-0.4, -0.2) is 15.6 Å². The molecule has 0 saturated heterocycles. The number of nitrogens with zero attached hydrogens (tertiary/aromatic N) is 2. The predicted octanol–water partition coefficient (Wildman–Crippen LogP) is 2.15. The summed E-state index contributed by atoms with van der Waals surface area (Å²) in [5, 5.41) is 4.00. The van der Waals surface area contributed by atoms with Gasteiger partial charge in [-0.25, -0.2) is 4.68 Å². The number of ketones is 1. The standard InChI is InChI=1S/C11H9ClN2O2S/c1-7-2-5-11(16)14(13-7)6-8(15)9-3-4-10(12)17-9/h2-5H,6H2,1H3. The zero-order valence-corrected chi connectivity index (χ0v) is 10.6. The first-order chi connectivity index (χ1) is 8.06. The quantitative estimate of drug-likeness (QED) is 0.802. The number of carbonyl (C=O) groups excluding carboxylic acids is 1. The van der Waals surface area contributed by atoms with Gasteiger partial charge in [-0.15, -0.1) is 11.3 Å². The maximum atomic E-state index is 11.8. The second kappa shape index (κ2) is 4.81. The topological polar surface area (TPSA) is 52.0 Å². The maximum absolute atomic E-state index is 11.8. The molecule has 2 aromatic heterocycles. The minimum Gasteiger partial charge on any atom is -0.291 e. The summed E-state index contributed by atoms with van der Waals surface area (Å²) in [6, 6.07) is 6.32. The Balaban J connectivity index is 2.24. The molecule has 0 spiro atoms. The highest BCUT2D eigenvalue weighted by Crippen LogP contribution is 2.21. The fraction of sp³-hybridized carbons (Fsp3) is 0.182. The van der Waals surface area contributed by atoms with Gasteiger partial charge in [0.05, 0.1) is 14.9 Å².